The highest BCUT2D eigenvalue weighted by Gasteiger charge is 2.21. The highest BCUT2D eigenvalue weighted by Crippen LogP contribution is 2.13. The van der Waals surface area contributed by atoms with Crippen LogP contribution < -0.4 is 5.32 Å². The maximum atomic E-state index is 11.1. The van der Waals surface area contributed by atoms with Crippen molar-refractivity contribution < 1.29 is 8.42 Å². The molecule has 0 aromatic carbocycles. The normalized spacial score (nSPS) is 22.9. The van der Waals surface area contributed by atoms with Crippen molar-refractivity contribution in [1.29, 1.82) is 0 Å². The van der Waals surface area contributed by atoms with E-state index in [4.69, 9.17) is 11.6 Å². The number of nitrogens with zero attached hydrogens (tertiary/aromatic N) is 2. The van der Waals surface area contributed by atoms with Crippen molar-refractivity contribution >= 4 is 27.3 Å². The third kappa shape index (κ3) is 2.66. The van der Waals surface area contributed by atoms with Crippen molar-refractivity contribution in [2.75, 3.05) is 11.1 Å². The Morgan fingerprint density at radius 3 is 2.73 bits per heavy atom. The van der Waals surface area contributed by atoms with Gasteiger partial charge in [-0.25, -0.2) is 18.4 Å². The maximum absolute atomic E-state index is 11.1. The Morgan fingerprint density at radius 2 is 2.20 bits per heavy atom. The SMILES string of the molecule is O=S1(=O)C=CC(Nc2cnc(Cl)cn2)C1. The fourth-order valence-corrected chi connectivity index (χ4v) is 2.58. The standard InChI is InChI=1S/C8H8ClN3O2S/c9-7-3-11-8(4-10-7)12-6-1-2-15(13,14)5-6/h1-4,6H,5H2,(H,11,12). The Kier molecular flexibility index (Phi) is 2.62. The highest BCUT2D eigenvalue weighted by molar-refractivity contribution is 7.94. The van der Waals surface area contributed by atoms with E-state index in [9.17, 15) is 8.42 Å². The second kappa shape index (κ2) is 3.79. The molecule has 0 amide bonds. The number of hydrogen-bond acceptors (Lipinski definition) is 5. The lowest BCUT2D eigenvalue weighted by molar-refractivity contribution is 0.605. The van der Waals surface area contributed by atoms with Crippen molar-refractivity contribution in [3.8, 4) is 0 Å². The van der Waals surface area contributed by atoms with Gasteiger partial charge in [0.25, 0.3) is 0 Å². The first-order valence-electron chi connectivity index (χ1n) is 4.20. The van der Waals surface area contributed by atoms with Crippen molar-refractivity contribution in [1.82, 2.24) is 9.97 Å². The molecule has 0 saturated carbocycles. The largest absolute Gasteiger partial charge is 0.362 e. The third-order valence-electron chi connectivity index (χ3n) is 1.88. The van der Waals surface area contributed by atoms with Crippen LogP contribution in [-0.2, 0) is 9.84 Å². The number of aromatic nitrogens is 2. The molecule has 7 heteroatoms. The predicted octanol–water partition coefficient (Wildman–Crippen LogP) is 0.853. The van der Waals surface area contributed by atoms with Crippen LogP contribution in [0, 0.1) is 0 Å². The van der Waals surface area contributed by atoms with E-state index in [1.54, 1.807) is 6.08 Å². The molecule has 2 rings (SSSR count). The Hall–Kier alpha value is -1.14. The van der Waals surface area contributed by atoms with E-state index >= 15 is 0 Å². The molecule has 0 bridgehead atoms. The van der Waals surface area contributed by atoms with Gasteiger partial charge < -0.3 is 5.32 Å². The van der Waals surface area contributed by atoms with Gasteiger partial charge in [-0.05, 0) is 6.08 Å². The molecule has 1 N–H and O–H groups in total. The van der Waals surface area contributed by atoms with Crippen molar-refractivity contribution in [3.63, 3.8) is 0 Å². The van der Waals surface area contributed by atoms with Crippen LogP contribution in [0.3, 0.4) is 0 Å². The molecule has 5 nitrogen and oxygen atoms in total. The number of sulfone groups is 1. The first-order chi connectivity index (χ1) is 7.05. The first kappa shape index (κ1) is 10.4. The Bertz CT molecular complexity index is 483. The molecule has 1 atom stereocenters. The lowest BCUT2D eigenvalue weighted by Crippen LogP contribution is -2.21. The summed E-state index contributed by atoms with van der Waals surface area (Å²) in [5.41, 5.74) is 0. The van der Waals surface area contributed by atoms with Gasteiger partial charge in [0.2, 0.25) is 0 Å². The van der Waals surface area contributed by atoms with Gasteiger partial charge >= 0.3 is 0 Å². The van der Waals surface area contributed by atoms with Crippen molar-refractivity contribution in [2.45, 2.75) is 6.04 Å². The monoisotopic (exact) mass is 245 g/mol. The van der Waals surface area contributed by atoms with E-state index in [2.05, 4.69) is 15.3 Å². The molecule has 1 aliphatic rings. The Morgan fingerprint density at radius 1 is 1.40 bits per heavy atom. The van der Waals surface area contributed by atoms with Gasteiger partial charge in [0, 0.05) is 5.41 Å². The second-order valence-corrected chi connectivity index (χ2v) is 5.45. The van der Waals surface area contributed by atoms with E-state index in [0.717, 1.165) is 0 Å². The summed E-state index contributed by atoms with van der Waals surface area (Å²) in [5, 5.41) is 4.43. The van der Waals surface area contributed by atoms with E-state index in [1.165, 1.54) is 17.8 Å². The molecule has 0 spiro atoms. The minimum absolute atomic E-state index is 0.0529. The van der Waals surface area contributed by atoms with Crippen LogP contribution in [0.1, 0.15) is 0 Å². The zero-order valence-corrected chi connectivity index (χ0v) is 9.16. The maximum Gasteiger partial charge on any atom is 0.173 e. The summed E-state index contributed by atoms with van der Waals surface area (Å²) in [5.74, 6) is 0.559. The third-order valence-corrected chi connectivity index (χ3v) is 3.47. The molecule has 1 aromatic rings. The predicted molar refractivity (Wildman–Crippen MR) is 57.4 cm³/mol. The van der Waals surface area contributed by atoms with Gasteiger partial charge in [-0.2, -0.15) is 0 Å². The van der Waals surface area contributed by atoms with Crippen LogP contribution in [0.15, 0.2) is 23.9 Å². The van der Waals surface area contributed by atoms with E-state index in [1.807, 2.05) is 0 Å². The fourth-order valence-electron chi connectivity index (χ4n) is 1.24. The smallest absolute Gasteiger partial charge is 0.173 e. The lowest BCUT2D eigenvalue weighted by atomic mass is 10.3. The zero-order chi connectivity index (χ0) is 10.9. The average molecular weight is 246 g/mol. The summed E-state index contributed by atoms with van der Waals surface area (Å²) >= 11 is 5.56. The minimum Gasteiger partial charge on any atom is -0.362 e. The molecule has 0 saturated heterocycles. The topological polar surface area (TPSA) is 72.0 Å². The lowest BCUT2D eigenvalue weighted by Gasteiger charge is -2.09. The Labute approximate surface area is 92.1 Å². The summed E-state index contributed by atoms with van der Waals surface area (Å²) in [4.78, 5) is 7.78. The summed E-state index contributed by atoms with van der Waals surface area (Å²) < 4.78 is 22.2. The van der Waals surface area contributed by atoms with Crippen LogP contribution in [0.4, 0.5) is 5.82 Å². The first-order valence-corrected chi connectivity index (χ1v) is 6.29. The molecule has 1 unspecified atom stereocenters. The molecular weight excluding hydrogens is 238 g/mol. The molecule has 1 aliphatic heterocycles. The summed E-state index contributed by atoms with van der Waals surface area (Å²) in [7, 11) is -3.04. The summed E-state index contributed by atoms with van der Waals surface area (Å²) in [6.45, 7) is 0. The highest BCUT2D eigenvalue weighted by atomic mass is 35.5. The van der Waals surface area contributed by atoms with E-state index in [-0.39, 0.29) is 11.8 Å². The average Bonchev–Trinajstić information content (AvgIpc) is 2.50. The van der Waals surface area contributed by atoms with Gasteiger partial charge in [0.1, 0.15) is 11.0 Å². The molecular formula is C8H8ClN3O2S. The zero-order valence-electron chi connectivity index (χ0n) is 7.59. The van der Waals surface area contributed by atoms with Crippen molar-refractivity contribution in [3.05, 3.63) is 29.0 Å². The second-order valence-electron chi connectivity index (χ2n) is 3.13. The molecule has 0 fully saturated rings. The Balaban J connectivity index is 2.05. The van der Waals surface area contributed by atoms with Crippen molar-refractivity contribution in [2.24, 2.45) is 0 Å². The molecule has 1 aromatic heterocycles. The van der Waals surface area contributed by atoms with Gasteiger partial charge in [0.15, 0.2) is 9.84 Å². The van der Waals surface area contributed by atoms with Gasteiger partial charge in [-0.1, -0.05) is 11.6 Å². The molecule has 80 valence electrons. The molecule has 15 heavy (non-hydrogen) atoms. The van der Waals surface area contributed by atoms with E-state index < -0.39 is 9.84 Å². The molecule has 2 heterocycles. The quantitative estimate of drug-likeness (QED) is 0.837. The van der Waals surface area contributed by atoms with Crippen LogP contribution >= 0.6 is 11.6 Å². The number of rotatable bonds is 2. The number of anilines is 1. The summed E-state index contributed by atoms with van der Waals surface area (Å²) in [6, 6.07) is -0.245. The van der Waals surface area contributed by atoms with Crippen LogP contribution in [0.5, 0.6) is 0 Å². The number of halogens is 1. The molecule has 0 aliphatic carbocycles. The van der Waals surface area contributed by atoms with Crippen LogP contribution in [-0.4, -0.2) is 30.2 Å². The van der Waals surface area contributed by atoms with Gasteiger partial charge in [-0.3, -0.25) is 0 Å². The number of nitrogens with one attached hydrogen (secondary N) is 1. The molecule has 0 radical (unpaired) electrons. The van der Waals surface area contributed by atoms with Crippen LogP contribution in [0.2, 0.25) is 5.15 Å². The van der Waals surface area contributed by atoms with Gasteiger partial charge in [0.05, 0.1) is 24.2 Å². The van der Waals surface area contributed by atoms with Crippen LogP contribution in [0.25, 0.3) is 0 Å². The number of hydrogen-bond donors (Lipinski definition) is 1. The van der Waals surface area contributed by atoms with Gasteiger partial charge in [-0.15, -0.1) is 0 Å². The minimum atomic E-state index is -3.04. The summed E-state index contributed by atoms with van der Waals surface area (Å²) in [6.07, 6.45) is 4.45. The fraction of sp³-hybridized carbons (Fsp3) is 0.250. The van der Waals surface area contributed by atoms with E-state index in [0.29, 0.717) is 11.0 Å².